The smallest absolute Gasteiger partial charge is 0.338 e. The molecule has 19 atom stereocenters. The molecule has 2 saturated heterocycles. The molecule has 12 nitrogen and oxygen atoms in total. The summed E-state index contributed by atoms with van der Waals surface area (Å²) in [7, 11) is 0. The highest BCUT2D eigenvalue weighted by Gasteiger charge is 2.83. The van der Waals surface area contributed by atoms with Crippen LogP contribution in [0.15, 0.2) is 0 Å². The van der Waals surface area contributed by atoms with E-state index in [1.165, 1.54) is 27.7 Å². The topological polar surface area (TPSA) is 175 Å². The Morgan fingerprint density at radius 3 is 2.00 bits per heavy atom. The van der Waals surface area contributed by atoms with Crippen LogP contribution in [-0.2, 0) is 47.7 Å². The number of ketones is 1. The summed E-state index contributed by atoms with van der Waals surface area (Å²) in [5, 5.41) is 24.1. The van der Waals surface area contributed by atoms with Gasteiger partial charge in [0.1, 0.15) is 36.6 Å². The number of aliphatic hydroxyl groups excluding tert-OH is 1. The number of carbonyl (C=O) groups is 5. The lowest BCUT2D eigenvalue weighted by atomic mass is 9.39. The molecule has 0 aromatic rings. The minimum absolute atomic E-state index is 0.154. The lowest BCUT2D eigenvalue weighted by Gasteiger charge is -2.65. The molecule has 0 radical (unpaired) electrons. The predicted molar refractivity (Wildman–Crippen MR) is 160 cm³/mol. The number of epoxide rings is 1. The van der Waals surface area contributed by atoms with Crippen LogP contribution < -0.4 is 0 Å². The molecule has 7 aliphatic rings. The van der Waals surface area contributed by atoms with E-state index in [9.17, 15) is 34.2 Å². The fourth-order valence-electron chi connectivity index (χ4n) is 13.0. The van der Waals surface area contributed by atoms with Gasteiger partial charge in [-0.15, -0.1) is 0 Å². The number of hydrogen-bond acceptors (Lipinski definition) is 12. The van der Waals surface area contributed by atoms with Crippen LogP contribution in [0.25, 0.3) is 0 Å². The van der Waals surface area contributed by atoms with E-state index in [0.29, 0.717) is 12.8 Å². The zero-order valence-electron chi connectivity index (χ0n) is 28.6. The molecule has 47 heavy (non-hydrogen) atoms. The zero-order valence-corrected chi connectivity index (χ0v) is 28.6. The second-order valence-corrected chi connectivity index (χ2v) is 16.6. The standard InChI is InChI=1S/C35H48O12/c1-12-10-19-34(8,35(9,42)31(41)47-19)24-21(12)33(7)23(28(24)43-14(3)36)20-22(13(2)29(33)44-15(4)37)32(6)17(25(39)26(20)40)11-18-27(46-18)30(32)45-16(5)38/h12-13,17-24,26-30,40,42H,10-11H2,1-9H3/t12-,13+,17-,18+,19+,20-,21+,22+,23-,24+,26-,27+,28-,29+,30+,32+,33-,34+,35-/m1/s1. The Morgan fingerprint density at radius 2 is 1.40 bits per heavy atom. The van der Waals surface area contributed by atoms with Gasteiger partial charge in [-0.25, -0.2) is 4.79 Å². The number of aliphatic hydroxyl groups is 2. The Bertz CT molecular complexity index is 1440. The molecule has 5 aliphatic carbocycles. The van der Waals surface area contributed by atoms with Crippen molar-refractivity contribution in [2.45, 2.75) is 123 Å². The molecule has 7 rings (SSSR count). The van der Waals surface area contributed by atoms with E-state index in [1.54, 1.807) is 6.92 Å². The Labute approximate surface area is 274 Å². The van der Waals surface area contributed by atoms with E-state index in [4.69, 9.17) is 23.7 Å². The van der Waals surface area contributed by atoms with E-state index < -0.39 is 118 Å². The first-order valence-electron chi connectivity index (χ1n) is 17.1. The van der Waals surface area contributed by atoms with Crippen LogP contribution in [0.4, 0.5) is 0 Å². The molecule has 0 amide bonds. The number of rotatable bonds is 3. The summed E-state index contributed by atoms with van der Waals surface area (Å²) < 4.78 is 30.4. The first kappa shape index (κ1) is 33.0. The third kappa shape index (κ3) is 3.89. The van der Waals surface area contributed by atoms with Crippen molar-refractivity contribution in [3.05, 3.63) is 0 Å². The first-order chi connectivity index (χ1) is 21.7. The second kappa shape index (κ2) is 10.00. The molecule has 7 fully saturated rings. The molecule has 0 aromatic carbocycles. The predicted octanol–water partition coefficient (Wildman–Crippen LogP) is 1.99. The largest absolute Gasteiger partial charge is 0.462 e. The van der Waals surface area contributed by atoms with Gasteiger partial charge in [0.2, 0.25) is 0 Å². The van der Waals surface area contributed by atoms with Crippen molar-refractivity contribution in [3.63, 3.8) is 0 Å². The number of Topliss-reactive ketones (excluding diaryl/α,β-unsaturated/α-hetero) is 1. The summed E-state index contributed by atoms with van der Waals surface area (Å²) >= 11 is 0. The minimum atomic E-state index is -1.94. The lowest BCUT2D eigenvalue weighted by molar-refractivity contribution is -0.253. The van der Waals surface area contributed by atoms with Gasteiger partial charge in [0.15, 0.2) is 11.4 Å². The molecule has 5 saturated carbocycles. The number of esters is 4. The summed E-state index contributed by atoms with van der Waals surface area (Å²) in [5.74, 6) is -7.20. The maximum absolute atomic E-state index is 14.4. The average molecular weight is 661 g/mol. The Kier molecular flexibility index (Phi) is 7.01. The van der Waals surface area contributed by atoms with Crippen molar-refractivity contribution in [3.8, 4) is 0 Å². The highest BCUT2D eigenvalue weighted by Crippen LogP contribution is 2.76. The molecule has 2 aliphatic heterocycles. The van der Waals surface area contributed by atoms with Gasteiger partial charge in [-0.2, -0.15) is 0 Å². The van der Waals surface area contributed by atoms with Gasteiger partial charge < -0.3 is 33.9 Å². The van der Waals surface area contributed by atoms with Crippen LogP contribution in [0.3, 0.4) is 0 Å². The van der Waals surface area contributed by atoms with Gasteiger partial charge in [0.25, 0.3) is 0 Å². The van der Waals surface area contributed by atoms with Crippen LogP contribution in [0.5, 0.6) is 0 Å². The van der Waals surface area contributed by atoms with Crippen LogP contribution >= 0.6 is 0 Å². The normalized spacial score (nSPS) is 56.8. The molecule has 0 unspecified atom stereocenters. The monoisotopic (exact) mass is 660 g/mol. The van der Waals surface area contributed by atoms with Crippen molar-refractivity contribution >= 4 is 29.7 Å². The van der Waals surface area contributed by atoms with Gasteiger partial charge in [0, 0.05) is 55.3 Å². The molecule has 12 heteroatoms. The molecule has 260 valence electrons. The minimum Gasteiger partial charge on any atom is -0.462 e. The quantitative estimate of drug-likeness (QED) is 0.256. The van der Waals surface area contributed by atoms with E-state index >= 15 is 0 Å². The van der Waals surface area contributed by atoms with Crippen molar-refractivity contribution in [2.75, 3.05) is 0 Å². The van der Waals surface area contributed by atoms with Gasteiger partial charge in [-0.1, -0.05) is 34.6 Å². The van der Waals surface area contributed by atoms with Gasteiger partial charge in [-0.3, -0.25) is 19.2 Å². The summed E-state index contributed by atoms with van der Waals surface area (Å²) in [6, 6.07) is 0. The van der Waals surface area contributed by atoms with Gasteiger partial charge in [-0.05, 0) is 43.4 Å². The zero-order chi connectivity index (χ0) is 34.5. The SMILES string of the molecule is CC(=O)O[C@@H]1[C@H]2[C@H]3[C@H]([C@H](C)[C@H](OC(C)=O)[C@]2(C)[C@@H]2[C@@H]1[C@]1(C)[C@H](C[C@H]2C)OC(=O)[C@@]1(C)O)[C@]1(C)[C@H](C[C@@H]2O[C@@H]2[C@@H]1OC(C)=O)C(=O)[C@@H]3O. The molecular formula is C35H48O12. The van der Waals surface area contributed by atoms with Crippen LogP contribution in [0.2, 0.25) is 0 Å². The Balaban J connectivity index is 1.49. The first-order valence-corrected chi connectivity index (χ1v) is 17.1. The van der Waals surface area contributed by atoms with Gasteiger partial charge in [0.05, 0.1) is 11.5 Å². The van der Waals surface area contributed by atoms with Gasteiger partial charge >= 0.3 is 23.9 Å². The summed E-state index contributed by atoms with van der Waals surface area (Å²) in [4.78, 5) is 66.2. The molecule has 2 N–H and O–H groups in total. The third-order valence-corrected chi connectivity index (χ3v) is 14.6. The van der Waals surface area contributed by atoms with E-state index in [2.05, 4.69) is 0 Å². The fourth-order valence-corrected chi connectivity index (χ4v) is 13.0. The van der Waals surface area contributed by atoms with Crippen molar-refractivity contribution in [2.24, 2.45) is 63.6 Å². The van der Waals surface area contributed by atoms with E-state index in [-0.39, 0.29) is 23.7 Å². The highest BCUT2D eigenvalue weighted by molar-refractivity contribution is 5.88. The van der Waals surface area contributed by atoms with Crippen molar-refractivity contribution in [1.82, 2.24) is 0 Å². The van der Waals surface area contributed by atoms with Crippen LogP contribution in [0.1, 0.15) is 75.2 Å². The number of fused-ring (bicyclic) bond motifs is 10. The van der Waals surface area contributed by atoms with E-state index in [1.807, 2.05) is 27.7 Å². The molecule has 0 bridgehead atoms. The maximum atomic E-state index is 14.4. The number of carbonyl (C=O) groups excluding carboxylic acids is 5. The molecule has 0 aromatic heterocycles. The second-order valence-electron chi connectivity index (χ2n) is 16.6. The summed E-state index contributed by atoms with van der Waals surface area (Å²) in [6.45, 7) is 15.1. The summed E-state index contributed by atoms with van der Waals surface area (Å²) in [5.41, 5.74) is -5.17. The maximum Gasteiger partial charge on any atom is 0.338 e. The molecule has 0 spiro atoms. The van der Waals surface area contributed by atoms with Crippen LogP contribution in [0, 0.1) is 63.6 Å². The van der Waals surface area contributed by atoms with E-state index in [0.717, 1.165) is 0 Å². The Hall–Kier alpha value is -2.57. The number of ether oxygens (including phenoxy) is 5. The fraction of sp³-hybridized carbons (Fsp3) is 0.857. The van der Waals surface area contributed by atoms with Crippen LogP contribution in [-0.4, -0.2) is 88.2 Å². The Morgan fingerprint density at radius 1 is 0.809 bits per heavy atom. The number of hydrogen-bond donors (Lipinski definition) is 2. The van der Waals surface area contributed by atoms with Crippen molar-refractivity contribution < 1.29 is 57.9 Å². The molecular weight excluding hydrogens is 612 g/mol. The summed E-state index contributed by atoms with van der Waals surface area (Å²) in [6.07, 6.45) is -4.61. The highest BCUT2D eigenvalue weighted by atomic mass is 16.6. The van der Waals surface area contributed by atoms with Crippen molar-refractivity contribution in [1.29, 1.82) is 0 Å². The average Bonchev–Trinajstić information content (AvgIpc) is 3.65. The third-order valence-electron chi connectivity index (χ3n) is 14.6. The lowest BCUT2D eigenvalue weighted by Crippen LogP contribution is -2.72. The molecule has 2 heterocycles.